The standard InChI is InChI=1S/C38H60O12/c1-18-7-12-38(46-16-18)19(2)28-26(50-38)14-24-22-6-5-20-13-21(8-10-36(20,3)23(22)9-11-37(24,28)4)47-35-32(44)30(42)33(27(15-39)48-35)49-34-31(43)29(41)25(40)17-45-34/h5,18-19,21-35,39-44H,6-17H2,1-4H3/t18-,19+,21+,22-,23+,24+,25-,26+,27-,28+,29+,30-,31-,32-,33-,34+,35-,36+,37+,38-/m1/s1. The molecule has 4 saturated heterocycles. The number of ether oxygens (including phenoxy) is 6. The molecule has 0 bridgehead atoms. The summed E-state index contributed by atoms with van der Waals surface area (Å²) in [6.45, 7) is 9.66. The molecule has 1 spiro atoms. The Hall–Kier alpha value is -0.740. The van der Waals surface area contributed by atoms with Gasteiger partial charge >= 0.3 is 0 Å². The van der Waals surface area contributed by atoms with Gasteiger partial charge in [-0.15, -0.1) is 0 Å². The molecule has 0 aromatic heterocycles. The lowest BCUT2D eigenvalue weighted by molar-refractivity contribution is -0.353. The Balaban J connectivity index is 0.915. The van der Waals surface area contributed by atoms with Gasteiger partial charge in [0.05, 0.1) is 32.0 Å². The van der Waals surface area contributed by atoms with Crippen LogP contribution in [-0.2, 0) is 28.4 Å². The average Bonchev–Trinajstić information content (AvgIpc) is 3.55. The summed E-state index contributed by atoms with van der Waals surface area (Å²) < 4.78 is 36.8. The summed E-state index contributed by atoms with van der Waals surface area (Å²) in [6.07, 6.45) is -0.517. The summed E-state index contributed by atoms with van der Waals surface area (Å²) in [4.78, 5) is 0. The Labute approximate surface area is 295 Å². The first-order chi connectivity index (χ1) is 23.8. The summed E-state index contributed by atoms with van der Waals surface area (Å²) in [6, 6.07) is 0. The van der Waals surface area contributed by atoms with E-state index in [1.807, 2.05) is 0 Å². The molecule has 6 N–H and O–H groups in total. The van der Waals surface area contributed by atoms with Crippen LogP contribution in [0.3, 0.4) is 0 Å². The maximum absolute atomic E-state index is 11.1. The highest BCUT2D eigenvalue weighted by atomic mass is 16.7. The third-order valence-electron chi connectivity index (χ3n) is 15.2. The smallest absolute Gasteiger partial charge is 0.186 e. The van der Waals surface area contributed by atoms with Crippen LogP contribution < -0.4 is 0 Å². The molecule has 4 heterocycles. The molecule has 0 amide bonds. The second kappa shape index (κ2) is 13.2. The largest absolute Gasteiger partial charge is 0.394 e. The fourth-order valence-corrected chi connectivity index (χ4v) is 12.3. The van der Waals surface area contributed by atoms with Gasteiger partial charge in [-0.05, 0) is 91.8 Å². The summed E-state index contributed by atoms with van der Waals surface area (Å²) in [7, 11) is 0. The van der Waals surface area contributed by atoms with Gasteiger partial charge in [-0.2, -0.15) is 0 Å². The second-order valence-electron chi connectivity index (χ2n) is 17.8. The molecule has 0 unspecified atom stereocenters. The van der Waals surface area contributed by atoms with Crippen molar-refractivity contribution in [2.45, 2.75) is 159 Å². The summed E-state index contributed by atoms with van der Waals surface area (Å²) in [5, 5.41) is 62.4. The van der Waals surface area contributed by atoms with Crippen LogP contribution in [0.5, 0.6) is 0 Å². The SMILES string of the molecule is C[C@@H]1CC[C@@]2(OC1)O[C@H]1C[C@H]3[C@@H]4CC=C5C[C@@H](O[C@@H]6O[C@H](CO)[C@@H](O[C@@H]7OC[C@@H](O)[C@H](O)[C@H]7O)[C@H](O)[C@H]6O)CC[C@]5(C)[C@H]4CC[C@]3(C)[C@H]1[C@@H]2C. The lowest BCUT2D eigenvalue weighted by Gasteiger charge is -2.58. The number of rotatable bonds is 5. The number of allylic oxidation sites excluding steroid dienone is 1. The van der Waals surface area contributed by atoms with E-state index in [9.17, 15) is 30.6 Å². The van der Waals surface area contributed by atoms with E-state index >= 15 is 0 Å². The van der Waals surface area contributed by atoms with Gasteiger partial charge in [0, 0.05) is 12.3 Å². The molecule has 12 nitrogen and oxygen atoms in total. The van der Waals surface area contributed by atoms with Crippen LogP contribution in [0.2, 0.25) is 0 Å². The van der Waals surface area contributed by atoms with Gasteiger partial charge in [-0.1, -0.05) is 39.3 Å². The first-order valence-electron chi connectivity index (χ1n) is 19.4. The number of aliphatic hydroxyl groups excluding tert-OH is 6. The van der Waals surface area contributed by atoms with Crippen LogP contribution in [0.1, 0.15) is 85.5 Å². The number of hydrogen-bond donors (Lipinski definition) is 6. The van der Waals surface area contributed by atoms with Crippen molar-refractivity contribution in [3.8, 4) is 0 Å². The zero-order valence-electron chi connectivity index (χ0n) is 30.0. The van der Waals surface area contributed by atoms with Crippen molar-refractivity contribution >= 4 is 0 Å². The number of aliphatic hydroxyl groups is 6. The van der Waals surface area contributed by atoms with Crippen molar-refractivity contribution in [1.82, 2.24) is 0 Å². The van der Waals surface area contributed by atoms with Crippen molar-refractivity contribution in [2.75, 3.05) is 19.8 Å². The highest BCUT2D eigenvalue weighted by Gasteiger charge is 2.68. The highest BCUT2D eigenvalue weighted by Crippen LogP contribution is 2.70. The minimum atomic E-state index is -1.59. The van der Waals surface area contributed by atoms with Gasteiger partial charge < -0.3 is 59.1 Å². The molecule has 7 fully saturated rings. The van der Waals surface area contributed by atoms with Crippen LogP contribution in [0, 0.1) is 46.3 Å². The van der Waals surface area contributed by atoms with E-state index in [4.69, 9.17) is 28.4 Å². The molecule has 284 valence electrons. The van der Waals surface area contributed by atoms with Gasteiger partial charge in [0.25, 0.3) is 0 Å². The predicted octanol–water partition coefficient (Wildman–Crippen LogP) is 2.00. The second-order valence-corrected chi connectivity index (χ2v) is 17.8. The van der Waals surface area contributed by atoms with E-state index < -0.39 is 67.7 Å². The Morgan fingerprint density at radius 2 is 1.64 bits per heavy atom. The minimum absolute atomic E-state index is 0.0786. The maximum Gasteiger partial charge on any atom is 0.186 e. The fraction of sp³-hybridized carbons (Fsp3) is 0.947. The monoisotopic (exact) mass is 708 g/mol. The molecule has 0 aromatic carbocycles. The third kappa shape index (κ3) is 5.61. The minimum Gasteiger partial charge on any atom is -0.394 e. The molecule has 20 atom stereocenters. The zero-order chi connectivity index (χ0) is 35.3. The molecule has 50 heavy (non-hydrogen) atoms. The molecule has 0 aromatic rings. The van der Waals surface area contributed by atoms with Crippen molar-refractivity contribution < 1.29 is 59.1 Å². The first kappa shape index (κ1) is 36.2. The molecule has 12 heteroatoms. The summed E-state index contributed by atoms with van der Waals surface area (Å²) in [5.74, 6) is 3.00. The lowest BCUT2D eigenvalue weighted by Crippen LogP contribution is -2.63. The molecule has 0 radical (unpaired) electrons. The van der Waals surface area contributed by atoms with E-state index in [0.29, 0.717) is 35.5 Å². The number of hydrogen-bond acceptors (Lipinski definition) is 12. The van der Waals surface area contributed by atoms with Crippen LogP contribution in [0.15, 0.2) is 11.6 Å². The maximum atomic E-state index is 11.1. The molecule has 8 aliphatic rings. The van der Waals surface area contributed by atoms with Gasteiger partial charge in [-0.3, -0.25) is 0 Å². The van der Waals surface area contributed by atoms with E-state index in [0.717, 1.165) is 45.1 Å². The predicted molar refractivity (Wildman–Crippen MR) is 177 cm³/mol. The van der Waals surface area contributed by atoms with Crippen molar-refractivity contribution in [3.05, 3.63) is 11.6 Å². The molecule has 3 saturated carbocycles. The normalized spacial score (nSPS) is 57.8. The van der Waals surface area contributed by atoms with E-state index in [2.05, 4.69) is 33.8 Å². The van der Waals surface area contributed by atoms with E-state index in [1.165, 1.54) is 24.8 Å². The van der Waals surface area contributed by atoms with Crippen molar-refractivity contribution in [3.63, 3.8) is 0 Å². The topological polar surface area (TPSA) is 177 Å². The molecular weight excluding hydrogens is 648 g/mol. The lowest BCUT2D eigenvalue weighted by atomic mass is 9.47. The zero-order valence-corrected chi connectivity index (χ0v) is 30.0. The van der Waals surface area contributed by atoms with Gasteiger partial charge in [-0.25, -0.2) is 0 Å². The molecule has 4 aliphatic carbocycles. The Bertz CT molecular complexity index is 1270. The van der Waals surface area contributed by atoms with Crippen LogP contribution in [0.25, 0.3) is 0 Å². The quantitative estimate of drug-likeness (QED) is 0.230. The first-order valence-corrected chi connectivity index (χ1v) is 19.4. The summed E-state index contributed by atoms with van der Waals surface area (Å²) >= 11 is 0. The Morgan fingerprint density at radius 1 is 0.860 bits per heavy atom. The average molecular weight is 709 g/mol. The third-order valence-corrected chi connectivity index (χ3v) is 15.2. The van der Waals surface area contributed by atoms with E-state index in [1.54, 1.807) is 0 Å². The number of fused-ring (bicyclic) bond motifs is 7. The van der Waals surface area contributed by atoms with Crippen molar-refractivity contribution in [2.24, 2.45) is 46.3 Å². The van der Waals surface area contributed by atoms with Gasteiger partial charge in [0.15, 0.2) is 18.4 Å². The van der Waals surface area contributed by atoms with Crippen LogP contribution in [0.4, 0.5) is 0 Å². The Morgan fingerprint density at radius 3 is 2.38 bits per heavy atom. The van der Waals surface area contributed by atoms with Gasteiger partial charge in [0.1, 0.15) is 42.7 Å². The summed E-state index contributed by atoms with van der Waals surface area (Å²) in [5.41, 5.74) is 1.75. The van der Waals surface area contributed by atoms with Crippen LogP contribution >= 0.6 is 0 Å². The molecular formula is C38H60O12. The van der Waals surface area contributed by atoms with E-state index in [-0.39, 0.29) is 29.6 Å². The molecule has 8 rings (SSSR count). The highest BCUT2D eigenvalue weighted by molar-refractivity contribution is 5.26. The van der Waals surface area contributed by atoms with Crippen LogP contribution in [-0.4, -0.2) is 124 Å². The molecule has 4 aliphatic heterocycles. The van der Waals surface area contributed by atoms with Crippen molar-refractivity contribution in [1.29, 1.82) is 0 Å². The van der Waals surface area contributed by atoms with Gasteiger partial charge in [0.2, 0.25) is 0 Å². The Kier molecular flexibility index (Phi) is 9.59. The fourth-order valence-electron chi connectivity index (χ4n) is 12.3.